The lowest BCUT2D eigenvalue weighted by molar-refractivity contribution is -0.115. The quantitative estimate of drug-likeness (QED) is 0.796. The van der Waals surface area contributed by atoms with Gasteiger partial charge in [-0.15, -0.1) is 10.2 Å². The molecule has 2 aromatic heterocycles. The van der Waals surface area contributed by atoms with Gasteiger partial charge in [-0.1, -0.05) is 18.3 Å². The Morgan fingerprint density at radius 2 is 2.13 bits per heavy atom. The number of anilines is 1. The number of hydrogen-bond acceptors (Lipinski definition) is 5. The van der Waals surface area contributed by atoms with E-state index in [0.717, 1.165) is 40.8 Å². The Morgan fingerprint density at radius 3 is 2.91 bits per heavy atom. The Balaban J connectivity index is 1.54. The van der Waals surface area contributed by atoms with Crippen molar-refractivity contribution in [2.24, 2.45) is 0 Å². The minimum atomic E-state index is -0.0907. The normalized spacial score (nSPS) is 13.4. The molecule has 1 N–H and O–H groups in total. The zero-order valence-electron chi connectivity index (χ0n) is 12.9. The predicted molar refractivity (Wildman–Crippen MR) is 89.9 cm³/mol. The number of benzene rings is 1. The first kappa shape index (κ1) is 14.4. The fourth-order valence-corrected chi connectivity index (χ4v) is 3.76. The summed E-state index contributed by atoms with van der Waals surface area (Å²) in [5.74, 6) is -0.0907. The first-order valence-electron chi connectivity index (χ1n) is 7.87. The highest BCUT2D eigenvalue weighted by Crippen LogP contribution is 2.30. The molecule has 0 radical (unpaired) electrons. The Kier molecular flexibility index (Phi) is 3.61. The van der Waals surface area contributed by atoms with Crippen molar-refractivity contribution in [1.29, 1.82) is 0 Å². The van der Waals surface area contributed by atoms with E-state index in [1.54, 1.807) is 6.26 Å². The van der Waals surface area contributed by atoms with Crippen molar-refractivity contribution in [3.05, 3.63) is 40.1 Å². The number of rotatable bonds is 4. The van der Waals surface area contributed by atoms with Gasteiger partial charge >= 0.3 is 0 Å². The lowest BCUT2D eigenvalue weighted by atomic mass is 10.0. The number of fused-ring (bicyclic) bond motifs is 2. The molecule has 4 rings (SSSR count). The molecule has 0 spiro atoms. The molecule has 6 heteroatoms. The molecule has 0 atom stereocenters. The molecule has 0 saturated carbocycles. The van der Waals surface area contributed by atoms with Gasteiger partial charge in [0.2, 0.25) is 11.0 Å². The Labute approximate surface area is 137 Å². The first-order chi connectivity index (χ1) is 11.2. The van der Waals surface area contributed by atoms with E-state index in [-0.39, 0.29) is 12.3 Å². The molecule has 0 fully saturated rings. The van der Waals surface area contributed by atoms with Crippen LogP contribution in [0.1, 0.15) is 35.0 Å². The van der Waals surface area contributed by atoms with Gasteiger partial charge in [-0.3, -0.25) is 4.79 Å². The molecule has 1 aliphatic rings. The molecule has 23 heavy (non-hydrogen) atoms. The molecular weight excluding hydrogens is 310 g/mol. The second kappa shape index (κ2) is 5.77. The fourth-order valence-electron chi connectivity index (χ4n) is 3.07. The number of hydrogen-bond donors (Lipinski definition) is 1. The standard InChI is InChI=1S/C17H17N3O2S/c1-2-16-19-20-17(23-16)18-15(21)8-12-9-22-14-7-11-5-3-4-10(11)6-13(12)14/h6-7,9H,2-5,8H2,1H3,(H,18,20,21). The smallest absolute Gasteiger partial charge is 0.230 e. The number of furan rings is 1. The summed E-state index contributed by atoms with van der Waals surface area (Å²) in [4.78, 5) is 12.2. The van der Waals surface area contributed by atoms with E-state index in [1.807, 2.05) is 6.92 Å². The molecule has 1 amide bonds. The van der Waals surface area contributed by atoms with E-state index in [1.165, 1.54) is 28.9 Å². The number of nitrogens with zero attached hydrogens (tertiary/aromatic N) is 2. The van der Waals surface area contributed by atoms with Crippen molar-refractivity contribution in [3.8, 4) is 0 Å². The van der Waals surface area contributed by atoms with Gasteiger partial charge < -0.3 is 9.73 Å². The Hall–Kier alpha value is -2.21. The van der Waals surface area contributed by atoms with Gasteiger partial charge in [0.1, 0.15) is 10.6 Å². The fraction of sp³-hybridized carbons (Fsp3) is 0.353. The van der Waals surface area contributed by atoms with Crippen molar-refractivity contribution in [3.63, 3.8) is 0 Å². The maximum atomic E-state index is 12.2. The second-order valence-corrected chi connectivity index (χ2v) is 6.87. The summed E-state index contributed by atoms with van der Waals surface area (Å²) in [6.07, 6.45) is 6.24. The first-order valence-corrected chi connectivity index (χ1v) is 8.68. The number of carbonyl (C=O) groups is 1. The van der Waals surface area contributed by atoms with Gasteiger partial charge in [-0.05, 0) is 48.9 Å². The van der Waals surface area contributed by atoms with Crippen LogP contribution in [0.5, 0.6) is 0 Å². The molecule has 5 nitrogen and oxygen atoms in total. The van der Waals surface area contributed by atoms with Crippen molar-refractivity contribution in [2.45, 2.75) is 39.0 Å². The molecular formula is C17H17N3O2S. The third-order valence-electron chi connectivity index (χ3n) is 4.23. The minimum absolute atomic E-state index is 0.0907. The summed E-state index contributed by atoms with van der Waals surface area (Å²) in [6, 6.07) is 4.31. The molecule has 2 heterocycles. The highest BCUT2D eigenvalue weighted by atomic mass is 32.1. The average Bonchev–Trinajstić information content (AvgIpc) is 3.25. The average molecular weight is 327 g/mol. The second-order valence-electron chi connectivity index (χ2n) is 5.81. The Bertz CT molecular complexity index is 881. The Morgan fingerprint density at radius 1 is 1.30 bits per heavy atom. The van der Waals surface area contributed by atoms with Gasteiger partial charge in [0, 0.05) is 10.9 Å². The number of aromatic nitrogens is 2. The molecule has 1 aliphatic carbocycles. The van der Waals surface area contributed by atoms with Crippen LogP contribution in [0.3, 0.4) is 0 Å². The summed E-state index contributed by atoms with van der Waals surface area (Å²) in [7, 11) is 0. The maximum Gasteiger partial charge on any atom is 0.230 e. The minimum Gasteiger partial charge on any atom is -0.464 e. The van der Waals surface area contributed by atoms with Crippen LogP contribution in [0.15, 0.2) is 22.8 Å². The van der Waals surface area contributed by atoms with Crippen LogP contribution in [0.2, 0.25) is 0 Å². The van der Waals surface area contributed by atoms with Crippen molar-refractivity contribution in [1.82, 2.24) is 10.2 Å². The van der Waals surface area contributed by atoms with Gasteiger partial charge in [-0.2, -0.15) is 0 Å². The monoisotopic (exact) mass is 327 g/mol. The summed E-state index contributed by atoms with van der Waals surface area (Å²) >= 11 is 1.42. The van der Waals surface area contributed by atoms with Crippen LogP contribution in [0.25, 0.3) is 11.0 Å². The summed E-state index contributed by atoms with van der Waals surface area (Å²) in [5, 5.41) is 13.3. The lowest BCUT2D eigenvalue weighted by Gasteiger charge is -2.02. The van der Waals surface area contributed by atoms with E-state index in [9.17, 15) is 4.79 Å². The molecule has 0 bridgehead atoms. The van der Waals surface area contributed by atoms with Crippen LogP contribution >= 0.6 is 11.3 Å². The topological polar surface area (TPSA) is 68.0 Å². The molecule has 1 aromatic carbocycles. The van der Waals surface area contributed by atoms with E-state index in [2.05, 4.69) is 27.6 Å². The number of nitrogens with one attached hydrogen (secondary N) is 1. The highest BCUT2D eigenvalue weighted by Gasteiger charge is 2.17. The third kappa shape index (κ3) is 2.74. The lowest BCUT2D eigenvalue weighted by Crippen LogP contribution is -2.14. The van der Waals surface area contributed by atoms with Crippen LogP contribution in [0, 0.1) is 0 Å². The van der Waals surface area contributed by atoms with Crippen molar-refractivity contribution in [2.75, 3.05) is 5.32 Å². The van der Waals surface area contributed by atoms with Crippen molar-refractivity contribution < 1.29 is 9.21 Å². The van der Waals surface area contributed by atoms with E-state index in [0.29, 0.717) is 5.13 Å². The van der Waals surface area contributed by atoms with Gasteiger partial charge in [-0.25, -0.2) is 0 Å². The largest absolute Gasteiger partial charge is 0.464 e. The van der Waals surface area contributed by atoms with Gasteiger partial charge in [0.15, 0.2) is 0 Å². The molecule has 0 aliphatic heterocycles. The van der Waals surface area contributed by atoms with Gasteiger partial charge in [0.25, 0.3) is 0 Å². The third-order valence-corrected chi connectivity index (χ3v) is 5.22. The number of aryl methyl sites for hydroxylation is 3. The molecule has 0 saturated heterocycles. The van der Waals surface area contributed by atoms with Crippen LogP contribution in [-0.2, 0) is 30.5 Å². The number of amides is 1. The summed E-state index contributed by atoms with van der Waals surface area (Å²) in [5.41, 5.74) is 4.56. The van der Waals surface area contributed by atoms with Crippen LogP contribution in [-0.4, -0.2) is 16.1 Å². The van der Waals surface area contributed by atoms with Crippen LogP contribution < -0.4 is 5.32 Å². The van der Waals surface area contributed by atoms with E-state index < -0.39 is 0 Å². The zero-order valence-corrected chi connectivity index (χ0v) is 13.7. The zero-order chi connectivity index (χ0) is 15.8. The van der Waals surface area contributed by atoms with E-state index >= 15 is 0 Å². The van der Waals surface area contributed by atoms with Crippen LogP contribution in [0.4, 0.5) is 5.13 Å². The number of carbonyl (C=O) groups excluding carboxylic acids is 1. The van der Waals surface area contributed by atoms with Crippen molar-refractivity contribution >= 4 is 33.3 Å². The summed E-state index contributed by atoms with van der Waals surface area (Å²) in [6.45, 7) is 2.02. The van der Waals surface area contributed by atoms with E-state index in [4.69, 9.17) is 4.42 Å². The molecule has 118 valence electrons. The van der Waals surface area contributed by atoms with Gasteiger partial charge in [0.05, 0.1) is 12.7 Å². The molecule has 0 unspecified atom stereocenters. The SMILES string of the molecule is CCc1nnc(NC(=O)Cc2coc3cc4c(cc23)CCC4)s1. The molecule has 3 aromatic rings. The summed E-state index contributed by atoms with van der Waals surface area (Å²) < 4.78 is 5.64. The maximum absolute atomic E-state index is 12.2. The predicted octanol–water partition coefficient (Wildman–Crippen LogP) is 3.52. The highest BCUT2D eigenvalue weighted by molar-refractivity contribution is 7.15.